The summed E-state index contributed by atoms with van der Waals surface area (Å²) in [5, 5.41) is 0. The zero-order valence-electron chi connectivity index (χ0n) is 19.9. The summed E-state index contributed by atoms with van der Waals surface area (Å²) in [5.74, 6) is 3.90. The molecule has 5 rings (SSSR count). The molecule has 5 aliphatic rings. The molecule has 1 heteroatoms. The number of fused-ring (bicyclic) bond motifs is 7. The van der Waals surface area contributed by atoms with E-state index >= 15 is 0 Å². The maximum atomic E-state index is 12.5. The van der Waals surface area contributed by atoms with Crippen LogP contribution in [0.15, 0.2) is 11.6 Å². The first-order chi connectivity index (χ1) is 13.6. The van der Waals surface area contributed by atoms with Crippen molar-refractivity contribution < 1.29 is 4.79 Å². The van der Waals surface area contributed by atoms with Crippen LogP contribution >= 0.6 is 0 Å². The Kier molecular flexibility index (Phi) is 4.36. The average Bonchev–Trinajstić information content (AvgIpc) is 2.67. The monoisotopic (exact) mass is 396 g/mol. The fourth-order valence-electron chi connectivity index (χ4n) is 9.81. The van der Waals surface area contributed by atoms with E-state index in [9.17, 15) is 4.79 Å². The van der Waals surface area contributed by atoms with Crippen molar-refractivity contribution >= 4 is 5.78 Å². The molecule has 4 fully saturated rings. The molecule has 0 saturated heterocycles. The summed E-state index contributed by atoms with van der Waals surface area (Å²) in [4.78, 5) is 12.5. The molecule has 0 aromatic rings. The molecule has 9 unspecified atom stereocenters. The predicted octanol–water partition coefficient (Wildman–Crippen LogP) is 7.60. The lowest BCUT2D eigenvalue weighted by molar-refractivity contribution is -0.169. The Labute approximate surface area is 179 Å². The quantitative estimate of drug-likeness (QED) is 0.385. The molecule has 0 spiro atoms. The first kappa shape index (κ1) is 20.3. The summed E-state index contributed by atoms with van der Waals surface area (Å²) < 4.78 is 0. The van der Waals surface area contributed by atoms with Gasteiger partial charge in [0, 0.05) is 12.3 Å². The van der Waals surface area contributed by atoms with Crippen molar-refractivity contribution in [2.45, 2.75) is 106 Å². The Hall–Kier alpha value is -0.590. The van der Waals surface area contributed by atoms with Gasteiger partial charge in [0.05, 0.1) is 0 Å². The van der Waals surface area contributed by atoms with Crippen molar-refractivity contribution in [3.8, 4) is 0 Å². The van der Waals surface area contributed by atoms with E-state index in [4.69, 9.17) is 0 Å². The first-order valence-corrected chi connectivity index (χ1v) is 12.8. The minimum absolute atomic E-state index is 0.283. The molecule has 0 N–H and O–H groups in total. The molecule has 5 aliphatic carbocycles. The molecule has 0 radical (unpaired) electrons. The van der Waals surface area contributed by atoms with Gasteiger partial charge in [0.1, 0.15) is 5.78 Å². The summed E-state index contributed by atoms with van der Waals surface area (Å²) in [6, 6.07) is 0. The number of hydrogen-bond acceptors (Lipinski definition) is 1. The maximum absolute atomic E-state index is 12.5. The van der Waals surface area contributed by atoms with Crippen molar-refractivity contribution in [2.24, 2.45) is 51.2 Å². The van der Waals surface area contributed by atoms with E-state index in [1.54, 1.807) is 0 Å². The van der Waals surface area contributed by atoms with Crippen LogP contribution in [0.5, 0.6) is 0 Å². The topological polar surface area (TPSA) is 17.1 Å². The van der Waals surface area contributed by atoms with Gasteiger partial charge in [-0.05, 0) is 96.7 Å². The number of carbonyl (C=O) groups is 1. The number of hydrogen-bond donors (Lipinski definition) is 0. The normalized spacial score (nSPS) is 57.1. The highest BCUT2D eigenvalue weighted by molar-refractivity contribution is 5.82. The second-order valence-electron chi connectivity index (χ2n) is 13.2. The van der Waals surface area contributed by atoms with Crippen molar-refractivity contribution in [1.82, 2.24) is 0 Å². The van der Waals surface area contributed by atoms with Gasteiger partial charge in [-0.25, -0.2) is 0 Å². The SMILES string of the molecule is CC1CCC2(C)CCC3(C)C(=CCC4C5(C)CCC(=O)C(C)C5CCC43C)C2C1. The van der Waals surface area contributed by atoms with Crippen molar-refractivity contribution in [3.63, 3.8) is 0 Å². The van der Waals surface area contributed by atoms with Crippen LogP contribution in [0.1, 0.15) is 106 Å². The molecule has 0 bridgehead atoms. The van der Waals surface area contributed by atoms with Crippen LogP contribution in [-0.4, -0.2) is 5.78 Å². The molecule has 0 aromatic carbocycles. The van der Waals surface area contributed by atoms with Crippen LogP contribution in [0.4, 0.5) is 0 Å². The van der Waals surface area contributed by atoms with Crippen molar-refractivity contribution in [1.29, 1.82) is 0 Å². The number of allylic oxidation sites excluding steroid dienone is 2. The fraction of sp³-hybridized carbons (Fsp3) is 0.893. The van der Waals surface area contributed by atoms with Gasteiger partial charge >= 0.3 is 0 Å². The van der Waals surface area contributed by atoms with Gasteiger partial charge < -0.3 is 0 Å². The maximum Gasteiger partial charge on any atom is 0.136 e. The van der Waals surface area contributed by atoms with Gasteiger partial charge in [0.25, 0.3) is 0 Å². The zero-order chi connectivity index (χ0) is 20.8. The van der Waals surface area contributed by atoms with E-state index < -0.39 is 0 Å². The third kappa shape index (κ3) is 2.48. The van der Waals surface area contributed by atoms with E-state index in [1.807, 2.05) is 5.57 Å². The van der Waals surface area contributed by atoms with Crippen LogP contribution < -0.4 is 0 Å². The highest BCUT2D eigenvalue weighted by Crippen LogP contribution is 2.74. The minimum atomic E-state index is 0.283. The van der Waals surface area contributed by atoms with Gasteiger partial charge in [0.2, 0.25) is 0 Å². The number of carbonyl (C=O) groups excluding carboxylic acids is 1. The molecule has 4 saturated carbocycles. The molecule has 29 heavy (non-hydrogen) atoms. The molecule has 0 aliphatic heterocycles. The van der Waals surface area contributed by atoms with Gasteiger partial charge in [-0.2, -0.15) is 0 Å². The number of Topliss-reactive ketones (excluding diaryl/α,β-unsaturated/α-hetero) is 1. The van der Waals surface area contributed by atoms with Crippen LogP contribution in [0.3, 0.4) is 0 Å². The molecule has 162 valence electrons. The van der Waals surface area contributed by atoms with Gasteiger partial charge in [-0.15, -0.1) is 0 Å². The van der Waals surface area contributed by atoms with Crippen molar-refractivity contribution in [2.75, 3.05) is 0 Å². The summed E-state index contributed by atoms with van der Waals surface area (Å²) >= 11 is 0. The molecule has 0 amide bonds. The second-order valence-corrected chi connectivity index (χ2v) is 13.2. The summed E-state index contributed by atoms with van der Waals surface area (Å²) in [6.45, 7) is 15.3. The Bertz CT molecular complexity index is 749. The molecule has 9 atom stereocenters. The first-order valence-electron chi connectivity index (χ1n) is 12.8. The van der Waals surface area contributed by atoms with E-state index in [-0.39, 0.29) is 5.92 Å². The van der Waals surface area contributed by atoms with E-state index in [1.165, 1.54) is 51.4 Å². The van der Waals surface area contributed by atoms with Gasteiger partial charge in [-0.1, -0.05) is 59.6 Å². The van der Waals surface area contributed by atoms with Crippen LogP contribution in [0, 0.1) is 51.2 Å². The number of ketones is 1. The molecule has 1 nitrogen and oxygen atoms in total. The third-order valence-electron chi connectivity index (χ3n) is 12.1. The lowest BCUT2D eigenvalue weighted by Crippen LogP contribution is -2.62. The van der Waals surface area contributed by atoms with Gasteiger partial charge in [-0.3, -0.25) is 4.79 Å². The van der Waals surface area contributed by atoms with Gasteiger partial charge in [0.15, 0.2) is 0 Å². The Balaban J connectivity index is 1.57. The minimum Gasteiger partial charge on any atom is -0.299 e. The molecular weight excluding hydrogens is 352 g/mol. The summed E-state index contributed by atoms with van der Waals surface area (Å²) in [5.41, 5.74) is 3.55. The average molecular weight is 397 g/mol. The van der Waals surface area contributed by atoms with E-state index in [0.29, 0.717) is 33.4 Å². The van der Waals surface area contributed by atoms with Crippen LogP contribution in [0.2, 0.25) is 0 Å². The highest BCUT2D eigenvalue weighted by atomic mass is 16.1. The Morgan fingerprint density at radius 2 is 1.69 bits per heavy atom. The predicted molar refractivity (Wildman–Crippen MR) is 120 cm³/mol. The smallest absolute Gasteiger partial charge is 0.136 e. The third-order valence-corrected chi connectivity index (χ3v) is 12.1. The lowest BCUT2D eigenvalue weighted by atomic mass is 9.35. The lowest BCUT2D eigenvalue weighted by Gasteiger charge is -2.69. The fourth-order valence-corrected chi connectivity index (χ4v) is 9.81. The van der Waals surface area contributed by atoms with Crippen LogP contribution in [0.25, 0.3) is 0 Å². The van der Waals surface area contributed by atoms with Crippen molar-refractivity contribution in [3.05, 3.63) is 11.6 Å². The second kappa shape index (κ2) is 6.23. The largest absolute Gasteiger partial charge is 0.299 e. The Morgan fingerprint density at radius 3 is 2.45 bits per heavy atom. The summed E-state index contributed by atoms with van der Waals surface area (Å²) in [6.07, 6.45) is 15.7. The Morgan fingerprint density at radius 1 is 0.931 bits per heavy atom. The summed E-state index contributed by atoms with van der Waals surface area (Å²) in [7, 11) is 0. The highest BCUT2D eigenvalue weighted by Gasteiger charge is 2.66. The molecule has 0 aromatic heterocycles. The van der Waals surface area contributed by atoms with Crippen LogP contribution in [-0.2, 0) is 4.79 Å². The molecule has 0 heterocycles. The zero-order valence-corrected chi connectivity index (χ0v) is 19.9. The number of rotatable bonds is 0. The standard InChI is InChI=1S/C28H44O/c1-18-9-12-25(3)15-16-27(5)21(22(25)17-18)7-8-24-26(4)13-11-23(29)19(2)20(26)10-14-28(24,27)6/h7,18-20,22,24H,8-17H2,1-6H3. The van der Waals surface area contributed by atoms with E-state index in [0.717, 1.165) is 30.6 Å². The van der Waals surface area contributed by atoms with E-state index in [2.05, 4.69) is 47.6 Å². The molecular formula is C28H44O.